The summed E-state index contributed by atoms with van der Waals surface area (Å²) in [5.74, 6) is 1.18. The number of hydrogen-bond donors (Lipinski definition) is 1. The summed E-state index contributed by atoms with van der Waals surface area (Å²) in [6.07, 6.45) is 1.75. The summed E-state index contributed by atoms with van der Waals surface area (Å²) in [5.41, 5.74) is 6.50. The monoisotopic (exact) mass is 359 g/mol. The van der Waals surface area contributed by atoms with Gasteiger partial charge in [-0.25, -0.2) is 4.79 Å². The molecule has 0 atom stereocenters. The molecule has 0 saturated carbocycles. The minimum atomic E-state index is -0.525. The lowest BCUT2D eigenvalue weighted by molar-refractivity contribution is 0.0588. The summed E-state index contributed by atoms with van der Waals surface area (Å²) in [7, 11) is 1.30. The Bertz CT molecular complexity index is 685. The van der Waals surface area contributed by atoms with Crippen molar-refractivity contribution in [2.75, 3.05) is 7.11 Å². The minimum absolute atomic E-state index is 0. The van der Waals surface area contributed by atoms with Crippen molar-refractivity contribution >= 4 is 30.1 Å². The normalized spacial score (nSPS) is 10.2. The fraction of sp³-hybridized carbons (Fsp3) is 0.385. The molecule has 0 radical (unpaired) electrons. The summed E-state index contributed by atoms with van der Waals surface area (Å²) in [6, 6.07) is 0. The fourth-order valence-electron chi connectivity index (χ4n) is 1.84. The van der Waals surface area contributed by atoms with E-state index < -0.39 is 5.97 Å². The molecule has 23 heavy (non-hydrogen) atoms. The van der Waals surface area contributed by atoms with E-state index in [0.717, 1.165) is 0 Å². The Balaban J connectivity index is 0.00000264. The molecular formula is C13H18ClN5O3S. The highest BCUT2D eigenvalue weighted by Crippen LogP contribution is 2.26. The van der Waals surface area contributed by atoms with Crippen LogP contribution < -0.4 is 5.73 Å². The minimum Gasteiger partial charge on any atom is -0.464 e. The van der Waals surface area contributed by atoms with Crippen molar-refractivity contribution in [3.8, 4) is 0 Å². The van der Waals surface area contributed by atoms with E-state index in [2.05, 4.69) is 21.9 Å². The Morgan fingerprint density at radius 1 is 1.52 bits per heavy atom. The number of ether oxygens (including phenoxy) is 1. The zero-order chi connectivity index (χ0) is 16.1. The molecule has 0 saturated heterocycles. The molecule has 0 unspecified atom stereocenters. The van der Waals surface area contributed by atoms with Gasteiger partial charge in [-0.05, 0) is 6.92 Å². The molecule has 2 heterocycles. The van der Waals surface area contributed by atoms with Crippen molar-refractivity contribution in [2.24, 2.45) is 5.73 Å². The summed E-state index contributed by atoms with van der Waals surface area (Å²) in [5, 5.41) is 12.6. The number of methoxy groups -OCH3 is 1. The third kappa shape index (κ3) is 4.12. The van der Waals surface area contributed by atoms with Gasteiger partial charge in [-0.3, -0.25) is 0 Å². The zero-order valence-electron chi connectivity index (χ0n) is 12.8. The molecule has 0 spiro atoms. The number of allylic oxidation sites excluding steroid dienone is 1. The number of rotatable bonds is 7. The van der Waals surface area contributed by atoms with Gasteiger partial charge in [0.15, 0.2) is 10.9 Å². The van der Waals surface area contributed by atoms with E-state index in [0.29, 0.717) is 41.1 Å². The van der Waals surface area contributed by atoms with Gasteiger partial charge in [0, 0.05) is 17.9 Å². The molecule has 126 valence electrons. The first kappa shape index (κ1) is 19.2. The molecule has 0 aromatic carbocycles. The number of nitrogens with zero attached hydrogens (tertiary/aromatic N) is 4. The van der Waals surface area contributed by atoms with E-state index >= 15 is 0 Å². The fourth-order valence-corrected chi connectivity index (χ4v) is 2.89. The van der Waals surface area contributed by atoms with Crippen molar-refractivity contribution in [3.05, 3.63) is 35.5 Å². The van der Waals surface area contributed by atoms with E-state index in [-0.39, 0.29) is 18.1 Å². The van der Waals surface area contributed by atoms with E-state index in [9.17, 15) is 4.79 Å². The number of carbonyl (C=O) groups is 1. The van der Waals surface area contributed by atoms with Crippen molar-refractivity contribution in [1.82, 2.24) is 19.9 Å². The second kappa shape index (κ2) is 8.70. The first-order valence-electron chi connectivity index (χ1n) is 6.51. The average Bonchev–Trinajstić information content (AvgIpc) is 3.08. The van der Waals surface area contributed by atoms with Crippen LogP contribution in [0.4, 0.5) is 0 Å². The van der Waals surface area contributed by atoms with Gasteiger partial charge in [0.2, 0.25) is 0 Å². The third-order valence-electron chi connectivity index (χ3n) is 3.00. The van der Waals surface area contributed by atoms with Crippen LogP contribution in [0.25, 0.3) is 0 Å². The van der Waals surface area contributed by atoms with Crippen LogP contribution in [0.1, 0.15) is 27.6 Å². The maximum absolute atomic E-state index is 11.7. The first-order valence-corrected chi connectivity index (χ1v) is 7.50. The summed E-state index contributed by atoms with van der Waals surface area (Å²) >= 11 is 1.42. The molecule has 2 aromatic heterocycles. The van der Waals surface area contributed by atoms with Crippen molar-refractivity contribution in [3.63, 3.8) is 0 Å². The number of hydrogen-bond acceptors (Lipinski definition) is 8. The topological polar surface area (TPSA) is 109 Å². The quantitative estimate of drug-likeness (QED) is 0.452. The number of aryl methyl sites for hydroxylation is 1. The van der Waals surface area contributed by atoms with Crippen LogP contribution >= 0.6 is 24.2 Å². The van der Waals surface area contributed by atoms with E-state index in [4.69, 9.17) is 15.0 Å². The molecule has 2 aromatic rings. The molecule has 8 nitrogen and oxygen atoms in total. The third-order valence-corrected chi connectivity index (χ3v) is 3.99. The number of esters is 1. The lowest BCUT2D eigenvalue weighted by Gasteiger charge is -2.06. The van der Waals surface area contributed by atoms with Gasteiger partial charge in [0.1, 0.15) is 11.6 Å². The molecule has 0 fully saturated rings. The summed E-state index contributed by atoms with van der Waals surface area (Å²) in [6.45, 7) is 6.31. The molecular weight excluding hydrogens is 342 g/mol. The highest BCUT2D eigenvalue weighted by atomic mass is 35.5. The SMILES string of the molecule is C=CCn1c(CN)nnc1SCc1c(C(=O)OC)noc1C.Cl. The lowest BCUT2D eigenvalue weighted by atomic mass is 10.2. The first-order chi connectivity index (χ1) is 10.6. The highest BCUT2D eigenvalue weighted by molar-refractivity contribution is 7.98. The Kier molecular flexibility index (Phi) is 7.27. The zero-order valence-corrected chi connectivity index (χ0v) is 14.4. The Morgan fingerprint density at radius 3 is 2.87 bits per heavy atom. The predicted molar refractivity (Wildman–Crippen MR) is 87.5 cm³/mol. The van der Waals surface area contributed by atoms with Crippen molar-refractivity contribution < 1.29 is 14.1 Å². The number of thioether (sulfide) groups is 1. The molecule has 0 aliphatic rings. The highest BCUT2D eigenvalue weighted by Gasteiger charge is 2.21. The number of halogens is 1. The predicted octanol–water partition coefficient (Wildman–Crippen LogP) is 1.72. The van der Waals surface area contributed by atoms with Gasteiger partial charge in [0.05, 0.1) is 13.7 Å². The maximum Gasteiger partial charge on any atom is 0.360 e. The van der Waals surface area contributed by atoms with Crippen LogP contribution in [0.2, 0.25) is 0 Å². The van der Waals surface area contributed by atoms with Crippen LogP contribution in [0.5, 0.6) is 0 Å². The molecule has 0 bridgehead atoms. The van der Waals surface area contributed by atoms with Gasteiger partial charge in [0.25, 0.3) is 0 Å². The molecule has 2 rings (SSSR count). The van der Waals surface area contributed by atoms with Gasteiger partial charge in [-0.2, -0.15) is 0 Å². The van der Waals surface area contributed by atoms with Crippen LogP contribution in [0.15, 0.2) is 22.3 Å². The van der Waals surface area contributed by atoms with E-state index in [1.165, 1.54) is 18.9 Å². The Hall–Kier alpha value is -1.84. The Morgan fingerprint density at radius 2 is 2.26 bits per heavy atom. The number of carbonyl (C=O) groups excluding carboxylic acids is 1. The molecule has 10 heteroatoms. The van der Waals surface area contributed by atoms with E-state index in [1.807, 2.05) is 4.57 Å². The van der Waals surface area contributed by atoms with Crippen LogP contribution in [0.3, 0.4) is 0 Å². The van der Waals surface area contributed by atoms with Crippen molar-refractivity contribution in [2.45, 2.75) is 30.9 Å². The van der Waals surface area contributed by atoms with Gasteiger partial charge < -0.3 is 19.6 Å². The number of aromatic nitrogens is 4. The maximum atomic E-state index is 11.7. The second-order valence-electron chi connectivity index (χ2n) is 4.35. The van der Waals surface area contributed by atoms with Gasteiger partial charge >= 0.3 is 5.97 Å². The molecule has 2 N–H and O–H groups in total. The molecule has 0 aliphatic carbocycles. The standard InChI is InChI=1S/C13H17N5O3S.ClH/c1-4-5-18-10(6-14)15-16-13(18)22-7-9-8(2)21-17-11(9)12(19)20-3;/h4H,1,5-7,14H2,2-3H3;1H. The van der Waals surface area contributed by atoms with Gasteiger partial charge in [-0.15, -0.1) is 29.2 Å². The van der Waals surface area contributed by atoms with Crippen LogP contribution in [-0.2, 0) is 23.6 Å². The molecule has 0 amide bonds. The Labute approximate surface area is 143 Å². The number of nitrogens with two attached hydrogens (primary N) is 1. The largest absolute Gasteiger partial charge is 0.464 e. The van der Waals surface area contributed by atoms with Crippen molar-refractivity contribution in [1.29, 1.82) is 0 Å². The molecule has 0 aliphatic heterocycles. The second-order valence-corrected chi connectivity index (χ2v) is 5.29. The average molecular weight is 360 g/mol. The van der Waals surface area contributed by atoms with Crippen LogP contribution in [0, 0.1) is 6.92 Å². The smallest absolute Gasteiger partial charge is 0.360 e. The van der Waals surface area contributed by atoms with E-state index in [1.54, 1.807) is 13.0 Å². The summed E-state index contributed by atoms with van der Waals surface area (Å²) in [4.78, 5) is 11.7. The van der Waals surface area contributed by atoms with Crippen LogP contribution in [-0.4, -0.2) is 33.0 Å². The summed E-state index contributed by atoms with van der Waals surface area (Å²) < 4.78 is 11.6. The lowest BCUT2D eigenvalue weighted by Crippen LogP contribution is -2.09. The van der Waals surface area contributed by atoms with Gasteiger partial charge in [-0.1, -0.05) is 23.0 Å².